The highest BCUT2D eigenvalue weighted by atomic mass is 16.5. The highest BCUT2D eigenvalue weighted by molar-refractivity contribution is 6.22. The molecule has 15 heavy (non-hydrogen) atoms. The Morgan fingerprint density at radius 2 is 2.13 bits per heavy atom. The van der Waals surface area contributed by atoms with E-state index in [1.165, 1.54) is 0 Å². The molecule has 0 spiro atoms. The number of para-hydroxylation sites is 1. The monoisotopic (exact) mass is 204 g/mol. The van der Waals surface area contributed by atoms with E-state index in [9.17, 15) is 4.79 Å². The molecule has 0 radical (unpaired) electrons. The van der Waals surface area contributed by atoms with Gasteiger partial charge >= 0.3 is 5.97 Å². The molecule has 1 aliphatic heterocycles. The number of benzene rings is 1. The van der Waals surface area contributed by atoms with Gasteiger partial charge in [-0.3, -0.25) is 0 Å². The van der Waals surface area contributed by atoms with Gasteiger partial charge < -0.3 is 9.47 Å². The Morgan fingerprint density at radius 1 is 1.40 bits per heavy atom. The van der Waals surface area contributed by atoms with E-state index in [0.717, 1.165) is 11.1 Å². The van der Waals surface area contributed by atoms with Crippen LogP contribution in [0.1, 0.15) is 12.5 Å². The SMILES string of the molecule is COC/C(C)=C1\C(=O)Oc2ccccc21. The number of esters is 1. The van der Waals surface area contributed by atoms with Gasteiger partial charge in [0, 0.05) is 12.7 Å². The van der Waals surface area contributed by atoms with Crippen LogP contribution in [0.25, 0.3) is 5.57 Å². The summed E-state index contributed by atoms with van der Waals surface area (Å²) in [5.41, 5.74) is 2.39. The molecule has 0 aliphatic carbocycles. The first-order valence-electron chi connectivity index (χ1n) is 4.74. The zero-order chi connectivity index (χ0) is 10.8. The van der Waals surface area contributed by atoms with Crippen LogP contribution in [0.15, 0.2) is 29.8 Å². The second-order valence-corrected chi connectivity index (χ2v) is 3.47. The molecular weight excluding hydrogens is 192 g/mol. The van der Waals surface area contributed by atoms with Crippen molar-refractivity contribution in [2.24, 2.45) is 0 Å². The number of carbonyl (C=O) groups is 1. The van der Waals surface area contributed by atoms with Crippen molar-refractivity contribution in [1.82, 2.24) is 0 Å². The number of methoxy groups -OCH3 is 1. The number of hydrogen-bond acceptors (Lipinski definition) is 3. The van der Waals surface area contributed by atoms with E-state index < -0.39 is 0 Å². The summed E-state index contributed by atoms with van der Waals surface area (Å²) in [5.74, 6) is 0.346. The molecule has 3 nitrogen and oxygen atoms in total. The summed E-state index contributed by atoms with van der Waals surface area (Å²) in [6, 6.07) is 7.41. The third kappa shape index (κ3) is 1.66. The molecule has 2 rings (SSSR count). The zero-order valence-corrected chi connectivity index (χ0v) is 8.74. The minimum atomic E-state index is -0.286. The fraction of sp³-hybridized carbons (Fsp3) is 0.250. The average Bonchev–Trinajstić information content (AvgIpc) is 2.54. The van der Waals surface area contributed by atoms with Gasteiger partial charge in [-0.15, -0.1) is 0 Å². The van der Waals surface area contributed by atoms with Gasteiger partial charge in [0.25, 0.3) is 0 Å². The Bertz CT molecular complexity index is 432. The summed E-state index contributed by atoms with van der Waals surface area (Å²) in [6.45, 7) is 2.32. The van der Waals surface area contributed by atoms with Gasteiger partial charge in [-0.05, 0) is 18.6 Å². The summed E-state index contributed by atoms with van der Waals surface area (Å²) in [7, 11) is 1.61. The predicted octanol–water partition coefficient (Wildman–Crippen LogP) is 2.03. The molecule has 1 aliphatic rings. The molecule has 1 aromatic carbocycles. The molecule has 3 heteroatoms. The van der Waals surface area contributed by atoms with Crippen LogP contribution >= 0.6 is 0 Å². The molecule has 0 fully saturated rings. The summed E-state index contributed by atoms with van der Waals surface area (Å²) >= 11 is 0. The van der Waals surface area contributed by atoms with Gasteiger partial charge in [-0.1, -0.05) is 18.2 Å². The van der Waals surface area contributed by atoms with E-state index in [1.54, 1.807) is 13.2 Å². The minimum Gasteiger partial charge on any atom is -0.422 e. The fourth-order valence-electron chi connectivity index (χ4n) is 1.72. The largest absolute Gasteiger partial charge is 0.422 e. The van der Waals surface area contributed by atoms with Gasteiger partial charge in [0.2, 0.25) is 0 Å². The maximum atomic E-state index is 11.6. The second-order valence-electron chi connectivity index (χ2n) is 3.47. The van der Waals surface area contributed by atoms with Crippen molar-refractivity contribution in [3.05, 3.63) is 35.4 Å². The van der Waals surface area contributed by atoms with Crippen LogP contribution in [0.5, 0.6) is 5.75 Å². The normalized spacial score (nSPS) is 17.3. The van der Waals surface area contributed by atoms with Crippen molar-refractivity contribution in [3.8, 4) is 5.75 Å². The number of hydrogen-bond donors (Lipinski definition) is 0. The maximum absolute atomic E-state index is 11.6. The summed E-state index contributed by atoms with van der Waals surface area (Å²) in [4.78, 5) is 11.6. The first-order valence-corrected chi connectivity index (χ1v) is 4.74. The first kappa shape index (κ1) is 9.93. The van der Waals surface area contributed by atoms with Crippen molar-refractivity contribution < 1.29 is 14.3 Å². The summed E-state index contributed by atoms with van der Waals surface area (Å²) in [6.07, 6.45) is 0. The van der Waals surface area contributed by atoms with Crippen LogP contribution in [0.2, 0.25) is 0 Å². The molecule has 0 atom stereocenters. The van der Waals surface area contributed by atoms with Crippen molar-refractivity contribution in [3.63, 3.8) is 0 Å². The fourth-order valence-corrected chi connectivity index (χ4v) is 1.72. The van der Waals surface area contributed by atoms with Gasteiger partial charge in [0.05, 0.1) is 12.2 Å². The standard InChI is InChI=1S/C12H12O3/c1-8(7-14-2)11-9-5-3-4-6-10(9)15-12(11)13/h3-6H,7H2,1-2H3/b11-8-. The molecule has 1 heterocycles. The molecule has 0 saturated carbocycles. The molecule has 0 bridgehead atoms. The summed E-state index contributed by atoms with van der Waals surface area (Å²) in [5, 5.41) is 0. The molecular formula is C12H12O3. The minimum absolute atomic E-state index is 0.286. The molecule has 0 saturated heterocycles. The lowest BCUT2D eigenvalue weighted by Crippen LogP contribution is -2.05. The Hall–Kier alpha value is -1.61. The van der Waals surface area contributed by atoms with Crippen LogP contribution in [0, 0.1) is 0 Å². The van der Waals surface area contributed by atoms with Gasteiger partial charge in [-0.2, -0.15) is 0 Å². The van der Waals surface area contributed by atoms with Crippen LogP contribution in [-0.2, 0) is 9.53 Å². The molecule has 0 aromatic heterocycles. The van der Waals surface area contributed by atoms with E-state index in [2.05, 4.69) is 0 Å². The predicted molar refractivity (Wildman–Crippen MR) is 56.5 cm³/mol. The van der Waals surface area contributed by atoms with Crippen LogP contribution in [-0.4, -0.2) is 19.7 Å². The average molecular weight is 204 g/mol. The topological polar surface area (TPSA) is 35.5 Å². The lowest BCUT2D eigenvalue weighted by Gasteiger charge is -2.02. The van der Waals surface area contributed by atoms with E-state index >= 15 is 0 Å². The number of fused-ring (bicyclic) bond motifs is 1. The Balaban J connectivity index is 2.50. The van der Waals surface area contributed by atoms with Crippen LogP contribution in [0.3, 0.4) is 0 Å². The van der Waals surface area contributed by atoms with E-state index in [0.29, 0.717) is 17.9 Å². The Labute approximate surface area is 88.3 Å². The smallest absolute Gasteiger partial charge is 0.344 e. The number of ether oxygens (including phenoxy) is 2. The second kappa shape index (κ2) is 3.87. The Morgan fingerprint density at radius 3 is 2.87 bits per heavy atom. The number of carbonyl (C=O) groups excluding carboxylic acids is 1. The first-order chi connectivity index (χ1) is 7.24. The highest BCUT2D eigenvalue weighted by Crippen LogP contribution is 2.35. The Kier molecular flexibility index (Phi) is 2.56. The van der Waals surface area contributed by atoms with Gasteiger partial charge in [-0.25, -0.2) is 4.79 Å². The molecule has 0 amide bonds. The lowest BCUT2D eigenvalue weighted by molar-refractivity contribution is -0.127. The molecule has 1 aromatic rings. The van der Waals surface area contributed by atoms with Crippen LogP contribution in [0.4, 0.5) is 0 Å². The summed E-state index contributed by atoms with van der Waals surface area (Å²) < 4.78 is 10.1. The van der Waals surface area contributed by atoms with Crippen molar-refractivity contribution >= 4 is 11.5 Å². The zero-order valence-electron chi connectivity index (χ0n) is 8.74. The third-order valence-corrected chi connectivity index (χ3v) is 2.35. The highest BCUT2D eigenvalue weighted by Gasteiger charge is 2.27. The van der Waals surface area contributed by atoms with Crippen LogP contribution < -0.4 is 4.74 Å². The van der Waals surface area contributed by atoms with E-state index in [-0.39, 0.29) is 5.97 Å². The van der Waals surface area contributed by atoms with Gasteiger partial charge in [0.1, 0.15) is 5.75 Å². The molecule has 78 valence electrons. The van der Waals surface area contributed by atoms with Crippen molar-refractivity contribution in [1.29, 1.82) is 0 Å². The lowest BCUT2D eigenvalue weighted by atomic mass is 10.0. The third-order valence-electron chi connectivity index (χ3n) is 2.35. The molecule has 0 N–H and O–H groups in total. The maximum Gasteiger partial charge on any atom is 0.344 e. The van der Waals surface area contributed by atoms with Crippen molar-refractivity contribution in [2.45, 2.75) is 6.92 Å². The van der Waals surface area contributed by atoms with E-state index in [1.807, 2.05) is 25.1 Å². The number of rotatable bonds is 2. The van der Waals surface area contributed by atoms with Crippen molar-refractivity contribution in [2.75, 3.05) is 13.7 Å². The quantitative estimate of drug-likeness (QED) is 0.420. The van der Waals surface area contributed by atoms with Gasteiger partial charge in [0.15, 0.2) is 0 Å². The molecule has 0 unspecified atom stereocenters. The van der Waals surface area contributed by atoms with E-state index in [4.69, 9.17) is 9.47 Å².